The van der Waals surface area contributed by atoms with Crippen LogP contribution in [0.25, 0.3) is 0 Å². The summed E-state index contributed by atoms with van der Waals surface area (Å²) in [7, 11) is 0. The summed E-state index contributed by atoms with van der Waals surface area (Å²) in [5.41, 5.74) is -12.0. The van der Waals surface area contributed by atoms with Crippen molar-refractivity contribution in [2.75, 3.05) is 10.6 Å². The lowest BCUT2D eigenvalue weighted by molar-refractivity contribution is -0.348. The number of ether oxygens (including phenoxy) is 2. The Morgan fingerprint density at radius 1 is 0.733 bits per heavy atom. The number of rotatable bonds is 8. The third-order valence-corrected chi connectivity index (χ3v) is 6.16. The fourth-order valence-corrected chi connectivity index (χ4v) is 4.16. The molecule has 45 heavy (non-hydrogen) atoms. The van der Waals surface area contributed by atoms with E-state index < -0.39 is 98.7 Å². The largest absolute Gasteiger partial charge is 0.573 e. The molecule has 0 atom stereocenters. The zero-order valence-corrected chi connectivity index (χ0v) is 22.8. The maximum absolute atomic E-state index is 15.2. The maximum Gasteiger partial charge on any atom is 0.573 e. The first kappa shape index (κ1) is 35.3. The third kappa shape index (κ3) is 7.71. The van der Waals surface area contributed by atoms with Crippen molar-refractivity contribution in [3.05, 3.63) is 81.6 Å². The molecule has 0 saturated heterocycles. The molecule has 0 unspecified atom stereocenters. The number of alkyl halides is 12. The van der Waals surface area contributed by atoms with E-state index >= 15 is 4.39 Å². The van der Waals surface area contributed by atoms with Crippen LogP contribution >= 0.6 is 15.9 Å². The van der Waals surface area contributed by atoms with Gasteiger partial charge in [-0.3, -0.25) is 9.59 Å². The van der Waals surface area contributed by atoms with Crippen molar-refractivity contribution in [1.29, 1.82) is 0 Å². The van der Waals surface area contributed by atoms with E-state index in [1.165, 1.54) is 0 Å². The summed E-state index contributed by atoms with van der Waals surface area (Å²) < 4.78 is 180. The molecule has 0 spiro atoms. The Hall–Kier alpha value is -4.23. The third-order valence-electron chi connectivity index (χ3n) is 5.54. The summed E-state index contributed by atoms with van der Waals surface area (Å²) in [5.74, 6) is -7.15. The number of anilines is 2. The van der Waals surface area contributed by atoms with Gasteiger partial charge in [0.05, 0.1) is 22.5 Å². The molecule has 2 N–H and O–H groups in total. The standard InChI is InChI=1S/C25H12BrF13N2O4/c26-13-8-10(22(30,23(31,32)33)24(34,35)36)9-16(44-21(28)29)18(13)41-20(43)12-5-3-6-14(17(12)27)40-19(42)11-4-1-2-7-15(11)45-25(37,38)39/h1-9,21H,(H,40,42)(H,41,43). The van der Waals surface area contributed by atoms with E-state index in [0.29, 0.717) is 0 Å². The molecule has 20 heteroatoms. The van der Waals surface area contributed by atoms with Gasteiger partial charge in [-0.05, 0) is 52.3 Å². The smallest absolute Gasteiger partial charge is 0.433 e. The Morgan fingerprint density at radius 3 is 1.84 bits per heavy atom. The van der Waals surface area contributed by atoms with Crippen LogP contribution in [0.2, 0.25) is 0 Å². The monoisotopic (exact) mass is 730 g/mol. The van der Waals surface area contributed by atoms with Crippen molar-refractivity contribution < 1.29 is 76.1 Å². The molecule has 2 amide bonds. The number of halogens is 14. The van der Waals surface area contributed by atoms with Crippen LogP contribution < -0.4 is 20.1 Å². The molecular formula is C25H12BrF13N2O4. The van der Waals surface area contributed by atoms with Crippen LogP contribution in [0.1, 0.15) is 26.3 Å². The first-order valence-corrected chi connectivity index (χ1v) is 12.2. The van der Waals surface area contributed by atoms with Crippen LogP contribution in [0, 0.1) is 5.82 Å². The van der Waals surface area contributed by atoms with Crippen LogP contribution in [0.3, 0.4) is 0 Å². The van der Waals surface area contributed by atoms with Crippen LogP contribution in [0.15, 0.2) is 59.1 Å². The predicted octanol–water partition coefficient (Wildman–Crippen LogP) is 8.88. The number of amides is 2. The van der Waals surface area contributed by atoms with Crippen molar-refractivity contribution in [1.82, 2.24) is 0 Å². The Kier molecular flexibility index (Phi) is 9.90. The van der Waals surface area contributed by atoms with Crippen LogP contribution in [0.5, 0.6) is 11.5 Å². The van der Waals surface area contributed by atoms with Gasteiger partial charge in [-0.25, -0.2) is 8.78 Å². The lowest BCUT2D eigenvalue weighted by Gasteiger charge is -2.31. The Bertz CT molecular complexity index is 1580. The van der Waals surface area contributed by atoms with Gasteiger partial charge < -0.3 is 20.1 Å². The average Bonchev–Trinajstić information content (AvgIpc) is 2.88. The fraction of sp³-hybridized carbons (Fsp3) is 0.200. The lowest BCUT2D eigenvalue weighted by atomic mass is 9.93. The molecule has 3 rings (SSSR count). The zero-order chi connectivity index (χ0) is 34.1. The van der Waals surface area contributed by atoms with Crippen LogP contribution in [0.4, 0.5) is 68.5 Å². The quantitative estimate of drug-likeness (QED) is 0.227. The van der Waals surface area contributed by atoms with Crippen molar-refractivity contribution >= 4 is 39.1 Å². The Balaban J connectivity index is 2.00. The summed E-state index contributed by atoms with van der Waals surface area (Å²) in [5, 5.41) is 3.60. The number of hydrogen-bond donors (Lipinski definition) is 2. The summed E-state index contributed by atoms with van der Waals surface area (Å²) in [4.78, 5) is 25.4. The van der Waals surface area contributed by atoms with E-state index in [9.17, 15) is 62.3 Å². The Morgan fingerprint density at radius 2 is 1.29 bits per heavy atom. The molecule has 3 aromatic carbocycles. The van der Waals surface area contributed by atoms with Crippen LogP contribution in [-0.2, 0) is 5.67 Å². The SMILES string of the molecule is O=C(Nc1cccc(C(=O)Nc2c(Br)cc(C(F)(C(F)(F)F)C(F)(F)F)cc2OC(F)F)c1F)c1ccccc1OC(F)(F)F. The number of nitrogens with one attached hydrogen (secondary N) is 2. The van der Waals surface area contributed by atoms with E-state index in [1.807, 2.05) is 5.32 Å². The van der Waals surface area contributed by atoms with Gasteiger partial charge in [0.15, 0.2) is 11.6 Å². The topological polar surface area (TPSA) is 76.7 Å². The van der Waals surface area contributed by atoms with E-state index in [-0.39, 0.29) is 6.07 Å². The molecular weight excluding hydrogens is 719 g/mol. The maximum atomic E-state index is 15.2. The molecule has 0 heterocycles. The zero-order valence-electron chi connectivity index (χ0n) is 21.2. The summed E-state index contributed by atoms with van der Waals surface area (Å²) in [6.07, 6.45) is -18.5. The predicted molar refractivity (Wildman–Crippen MR) is 131 cm³/mol. The minimum Gasteiger partial charge on any atom is -0.433 e. The summed E-state index contributed by atoms with van der Waals surface area (Å²) in [6.45, 7) is -3.94. The molecule has 0 aliphatic heterocycles. The van der Waals surface area contributed by atoms with Crippen molar-refractivity contribution in [3.8, 4) is 11.5 Å². The highest BCUT2D eigenvalue weighted by atomic mass is 79.9. The van der Waals surface area contributed by atoms with Crippen molar-refractivity contribution in [3.63, 3.8) is 0 Å². The molecule has 244 valence electrons. The van der Waals surface area contributed by atoms with Crippen molar-refractivity contribution in [2.45, 2.75) is 31.0 Å². The van der Waals surface area contributed by atoms with Gasteiger partial charge in [0.25, 0.3) is 11.8 Å². The van der Waals surface area contributed by atoms with Gasteiger partial charge in [-0.2, -0.15) is 35.1 Å². The van der Waals surface area contributed by atoms with E-state index in [4.69, 9.17) is 0 Å². The van der Waals surface area contributed by atoms with Gasteiger partial charge in [0.2, 0.25) is 0 Å². The number of hydrogen-bond acceptors (Lipinski definition) is 4. The van der Waals surface area contributed by atoms with Gasteiger partial charge in [0, 0.05) is 10.0 Å². The average molecular weight is 731 g/mol. The molecule has 0 aromatic heterocycles. The first-order chi connectivity index (χ1) is 20.6. The fourth-order valence-electron chi connectivity index (χ4n) is 3.62. The second-order valence-corrected chi connectivity index (χ2v) is 9.34. The number of benzene rings is 3. The highest BCUT2D eigenvalue weighted by Crippen LogP contribution is 2.55. The van der Waals surface area contributed by atoms with Crippen LogP contribution in [-0.4, -0.2) is 37.1 Å². The number of carbonyl (C=O) groups excluding carboxylic acids is 2. The number of para-hydroxylation sites is 1. The molecule has 0 aliphatic rings. The first-order valence-electron chi connectivity index (χ1n) is 11.4. The molecule has 0 radical (unpaired) electrons. The summed E-state index contributed by atoms with van der Waals surface area (Å²) >= 11 is 2.45. The van der Waals surface area contributed by atoms with Gasteiger partial charge in [-0.15, -0.1) is 13.2 Å². The molecule has 3 aromatic rings. The van der Waals surface area contributed by atoms with Gasteiger partial charge in [-0.1, -0.05) is 18.2 Å². The molecule has 0 aliphatic carbocycles. The minimum atomic E-state index is -6.65. The van der Waals surface area contributed by atoms with Crippen molar-refractivity contribution in [2.24, 2.45) is 0 Å². The van der Waals surface area contributed by atoms with E-state index in [1.54, 1.807) is 5.32 Å². The summed E-state index contributed by atoms with van der Waals surface area (Å²) in [6, 6.07) is 5.80. The normalized spacial score (nSPS) is 12.6. The highest BCUT2D eigenvalue weighted by Gasteiger charge is 2.73. The second-order valence-electron chi connectivity index (χ2n) is 8.48. The van der Waals surface area contributed by atoms with E-state index in [0.717, 1.165) is 42.5 Å². The number of carbonyl (C=O) groups is 2. The minimum absolute atomic E-state index is 0.137. The molecule has 0 bridgehead atoms. The molecule has 6 nitrogen and oxygen atoms in total. The highest BCUT2D eigenvalue weighted by molar-refractivity contribution is 9.10. The molecule has 0 fully saturated rings. The second kappa shape index (κ2) is 12.6. The van der Waals surface area contributed by atoms with Gasteiger partial charge >= 0.3 is 31.0 Å². The Labute approximate surface area is 250 Å². The lowest BCUT2D eigenvalue weighted by Crippen LogP contribution is -2.50. The molecule has 0 saturated carbocycles. The van der Waals surface area contributed by atoms with Gasteiger partial charge in [0.1, 0.15) is 5.75 Å². The van der Waals surface area contributed by atoms with E-state index in [2.05, 4.69) is 25.4 Å².